The predicted molar refractivity (Wildman–Crippen MR) is 158 cm³/mol. The Kier molecular flexibility index (Phi) is 7.77. The van der Waals surface area contributed by atoms with Crippen LogP contribution < -0.4 is 0 Å². The highest BCUT2D eigenvalue weighted by Crippen LogP contribution is 2.55. The van der Waals surface area contributed by atoms with Crippen LogP contribution >= 0.6 is 0 Å². The van der Waals surface area contributed by atoms with Crippen LogP contribution in [0.5, 0.6) is 0 Å². The third-order valence-electron chi connectivity index (χ3n) is 9.36. The summed E-state index contributed by atoms with van der Waals surface area (Å²) in [6.45, 7) is 4.96. The summed E-state index contributed by atoms with van der Waals surface area (Å²) >= 11 is 0. The minimum atomic E-state index is -1.33. The van der Waals surface area contributed by atoms with Crippen LogP contribution in [-0.4, -0.2) is 81.0 Å². The quantitative estimate of drug-likeness (QED) is 0.492. The molecule has 0 aromatic heterocycles. The molecule has 8 heteroatoms. The molecule has 1 spiro atoms. The molecule has 2 aromatic rings. The molecule has 2 fully saturated rings. The molecule has 42 heavy (non-hydrogen) atoms. The van der Waals surface area contributed by atoms with E-state index in [4.69, 9.17) is 4.74 Å². The van der Waals surface area contributed by atoms with E-state index in [0.717, 1.165) is 24.0 Å². The highest BCUT2D eigenvalue weighted by Gasteiger charge is 2.72. The minimum absolute atomic E-state index is 0.0441. The highest BCUT2D eigenvalue weighted by molar-refractivity contribution is 6.00. The minimum Gasteiger partial charge on any atom is -0.394 e. The Bertz CT molecular complexity index is 1380. The second-order valence-electron chi connectivity index (χ2n) is 11.9. The molecule has 7 atom stereocenters. The summed E-state index contributed by atoms with van der Waals surface area (Å²) in [4.78, 5) is 48.7. The number of hydrogen-bond donors (Lipinski definition) is 1. The van der Waals surface area contributed by atoms with E-state index in [-0.39, 0.29) is 30.4 Å². The van der Waals surface area contributed by atoms with E-state index < -0.39 is 35.6 Å². The maximum atomic E-state index is 14.7. The van der Waals surface area contributed by atoms with Gasteiger partial charge in [-0.05, 0) is 24.5 Å². The van der Waals surface area contributed by atoms with E-state index in [9.17, 15) is 19.5 Å². The molecule has 0 radical (unpaired) electrons. The molecule has 0 bridgehead atoms. The lowest BCUT2D eigenvalue weighted by Gasteiger charge is -2.40. The summed E-state index contributed by atoms with van der Waals surface area (Å²) in [5.74, 6) is -2.40. The molecular formula is C34H39N3O5. The van der Waals surface area contributed by atoms with Gasteiger partial charge in [-0.15, -0.1) is 0 Å². The molecule has 4 heterocycles. The topological polar surface area (TPSA) is 90.4 Å². The number of aliphatic hydroxyl groups excluding tert-OH is 1. The van der Waals surface area contributed by atoms with Crippen LogP contribution in [0.1, 0.15) is 43.9 Å². The Hall–Kier alpha value is -3.75. The summed E-state index contributed by atoms with van der Waals surface area (Å²) in [6.07, 6.45) is 8.70. The zero-order chi connectivity index (χ0) is 29.4. The van der Waals surface area contributed by atoms with Gasteiger partial charge >= 0.3 is 0 Å². The highest BCUT2D eigenvalue weighted by atomic mass is 16.5. The van der Waals surface area contributed by atoms with Gasteiger partial charge in [-0.2, -0.15) is 0 Å². The third kappa shape index (κ3) is 4.57. The Morgan fingerprint density at radius 1 is 0.952 bits per heavy atom. The number of carbonyl (C=O) groups excluding carboxylic acids is 3. The summed E-state index contributed by atoms with van der Waals surface area (Å²) < 4.78 is 6.79. The van der Waals surface area contributed by atoms with Crippen molar-refractivity contribution in [2.24, 2.45) is 11.8 Å². The van der Waals surface area contributed by atoms with Crippen molar-refractivity contribution in [1.82, 2.24) is 14.7 Å². The van der Waals surface area contributed by atoms with Crippen molar-refractivity contribution in [1.29, 1.82) is 0 Å². The normalized spacial score (nSPS) is 30.1. The number of likely N-dealkylation sites (tertiary alicyclic amines) is 1. The van der Waals surface area contributed by atoms with Gasteiger partial charge in [0.05, 0.1) is 30.6 Å². The van der Waals surface area contributed by atoms with Gasteiger partial charge in [0.15, 0.2) is 0 Å². The number of carbonyl (C=O) groups is 3. The average molecular weight is 570 g/mol. The maximum Gasteiger partial charge on any atom is 0.249 e. The van der Waals surface area contributed by atoms with Crippen LogP contribution in [0.2, 0.25) is 0 Å². The third-order valence-corrected chi connectivity index (χ3v) is 9.36. The first-order valence-corrected chi connectivity index (χ1v) is 15.0. The molecule has 4 aliphatic rings. The fraction of sp³-hybridized carbons (Fsp3) is 0.441. The molecule has 2 saturated heterocycles. The van der Waals surface area contributed by atoms with Crippen LogP contribution in [-0.2, 0) is 25.7 Å². The monoisotopic (exact) mass is 569 g/mol. The summed E-state index contributed by atoms with van der Waals surface area (Å²) in [5, 5.41) is 10.7. The number of ether oxygens (including phenoxy) is 1. The smallest absolute Gasteiger partial charge is 0.249 e. The van der Waals surface area contributed by atoms with E-state index in [0.29, 0.717) is 19.6 Å². The van der Waals surface area contributed by atoms with Crippen LogP contribution in [0.15, 0.2) is 85.0 Å². The zero-order valence-corrected chi connectivity index (χ0v) is 24.2. The predicted octanol–water partition coefficient (Wildman–Crippen LogP) is 3.49. The van der Waals surface area contributed by atoms with Crippen LogP contribution in [0.25, 0.3) is 0 Å². The molecule has 6 rings (SSSR count). The van der Waals surface area contributed by atoms with Crippen LogP contribution in [0, 0.1) is 11.8 Å². The molecule has 0 aliphatic carbocycles. The standard InChI is InChI=1S/C34H39N3O5/c1-3-12-23(2)36-20-11-18-34-29(32(40)37(30(34)33(36)41)26(22-38)25-15-8-5-9-16-25)28-27(42-34)17-10-19-35(31(28)39)21-24-13-6-4-7-14-24/h4-11,13-18,23,26-30,38H,3,12,19-22H2,1-2H3/t23?,26-,27+,28-,29+,30?,34+/m1/s1. The van der Waals surface area contributed by atoms with Gasteiger partial charge in [-0.3, -0.25) is 14.4 Å². The summed E-state index contributed by atoms with van der Waals surface area (Å²) in [5.41, 5.74) is 0.396. The Labute approximate surface area is 247 Å². The van der Waals surface area contributed by atoms with Gasteiger partial charge in [0.1, 0.15) is 11.6 Å². The van der Waals surface area contributed by atoms with Crippen molar-refractivity contribution in [3.05, 3.63) is 96.1 Å². The average Bonchev–Trinajstić information content (AvgIpc) is 3.32. The first-order valence-electron chi connectivity index (χ1n) is 15.0. The number of fused-ring (bicyclic) bond motifs is 2. The van der Waals surface area contributed by atoms with Gasteiger partial charge in [-0.1, -0.05) is 98.3 Å². The molecule has 3 amide bonds. The van der Waals surface area contributed by atoms with E-state index in [2.05, 4.69) is 6.92 Å². The van der Waals surface area contributed by atoms with Crippen molar-refractivity contribution < 1.29 is 24.2 Å². The molecule has 220 valence electrons. The van der Waals surface area contributed by atoms with Crippen molar-refractivity contribution in [2.45, 2.75) is 63.1 Å². The van der Waals surface area contributed by atoms with E-state index >= 15 is 0 Å². The lowest BCUT2D eigenvalue weighted by Crippen LogP contribution is -2.57. The van der Waals surface area contributed by atoms with Crippen molar-refractivity contribution >= 4 is 17.7 Å². The number of aliphatic hydroxyl groups is 1. The number of benzene rings is 2. The molecular weight excluding hydrogens is 530 g/mol. The number of nitrogens with zero attached hydrogens (tertiary/aromatic N) is 3. The van der Waals surface area contributed by atoms with E-state index in [1.165, 1.54) is 4.90 Å². The lowest BCUT2D eigenvalue weighted by molar-refractivity contribution is -0.152. The molecule has 0 saturated carbocycles. The van der Waals surface area contributed by atoms with Gasteiger partial charge in [0, 0.05) is 25.7 Å². The number of rotatable bonds is 8. The molecule has 8 nitrogen and oxygen atoms in total. The largest absolute Gasteiger partial charge is 0.394 e. The Balaban J connectivity index is 1.45. The second kappa shape index (κ2) is 11.5. The fourth-order valence-electron chi connectivity index (χ4n) is 7.43. The van der Waals surface area contributed by atoms with Gasteiger partial charge in [-0.25, -0.2) is 0 Å². The zero-order valence-electron chi connectivity index (χ0n) is 24.2. The van der Waals surface area contributed by atoms with Crippen LogP contribution in [0.4, 0.5) is 0 Å². The van der Waals surface area contributed by atoms with E-state index in [1.807, 2.05) is 96.8 Å². The molecule has 2 unspecified atom stereocenters. The fourth-order valence-corrected chi connectivity index (χ4v) is 7.43. The maximum absolute atomic E-state index is 14.7. The number of amides is 3. The van der Waals surface area contributed by atoms with Gasteiger partial charge < -0.3 is 24.5 Å². The molecule has 2 aromatic carbocycles. The Morgan fingerprint density at radius 2 is 1.67 bits per heavy atom. The molecule has 1 N–H and O–H groups in total. The summed E-state index contributed by atoms with van der Waals surface area (Å²) in [6, 6.07) is 17.3. The summed E-state index contributed by atoms with van der Waals surface area (Å²) in [7, 11) is 0. The second-order valence-corrected chi connectivity index (χ2v) is 11.9. The first-order chi connectivity index (χ1) is 20.4. The Morgan fingerprint density at radius 3 is 2.36 bits per heavy atom. The van der Waals surface area contributed by atoms with Crippen molar-refractivity contribution in [3.8, 4) is 0 Å². The van der Waals surface area contributed by atoms with Crippen molar-refractivity contribution in [2.75, 3.05) is 19.7 Å². The SMILES string of the molecule is CCCC(C)N1CC=C[C@]23O[C@H]4C=CCN(Cc5ccccc5)C(=O)[C@H]4[C@H]2C(=O)N([C@H](CO)c2ccccc2)C3C1=O. The van der Waals surface area contributed by atoms with Gasteiger partial charge in [0.25, 0.3) is 0 Å². The van der Waals surface area contributed by atoms with Gasteiger partial charge in [0.2, 0.25) is 17.7 Å². The lowest BCUT2D eigenvalue weighted by atomic mass is 9.77. The van der Waals surface area contributed by atoms with Crippen LogP contribution in [0.3, 0.4) is 0 Å². The van der Waals surface area contributed by atoms with E-state index in [1.54, 1.807) is 4.90 Å². The van der Waals surface area contributed by atoms with Crippen molar-refractivity contribution in [3.63, 3.8) is 0 Å². The first kappa shape index (κ1) is 28.4. The molecule has 4 aliphatic heterocycles. The number of hydrogen-bond acceptors (Lipinski definition) is 5.